The van der Waals surface area contributed by atoms with E-state index in [4.69, 9.17) is 16.3 Å². The van der Waals surface area contributed by atoms with Gasteiger partial charge in [0.1, 0.15) is 11.6 Å². The lowest BCUT2D eigenvalue weighted by Crippen LogP contribution is -2.16. The number of carbonyl (C=O) groups excluding carboxylic acids is 1. The maximum Gasteiger partial charge on any atom is 0.234 e. The molecule has 9 heteroatoms. The Morgan fingerprint density at radius 2 is 2.09 bits per heavy atom. The fourth-order valence-electron chi connectivity index (χ4n) is 3.01. The Hall–Kier alpha value is -2.84. The third kappa shape index (κ3) is 5.89. The fraction of sp³-hybridized carbons (Fsp3) is 0.261. The lowest BCUT2D eigenvalue weighted by molar-refractivity contribution is -0.113. The van der Waals surface area contributed by atoms with E-state index in [1.807, 2.05) is 36.6 Å². The minimum Gasteiger partial charge on any atom is -0.481 e. The highest BCUT2D eigenvalue weighted by molar-refractivity contribution is 7.99. The van der Waals surface area contributed by atoms with Crippen LogP contribution in [0.3, 0.4) is 0 Å². The average molecular weight is 475 g/mol. The topological polar surface area (TPSA) is 69.0 Å². The molecule has 0 fully saturated rings. The monoisotopic (exact) mass is 474 g/mol. The van der Waals surface area contributed by atoms with Crippen LogP contribution in [0.4, 0.5) is 10.1 Å². The Morgan fingerprint density at radius 1 is 1.31 bits per heavy atom. The summed E-state index contributed by atoms with van der Waals surface area (Å²) in [6.07, 6.45) is 1.20. The molecule has 0 radical (unpaired) electrons. The predicted octanol–water partition coefficient (Wildman–Crippen LogP) is 5.74. The van der Waals surface area contributed by atoms with Gasteiger partial charge in [0.05, 0.1) is 10.8 Å². The van der Waals surface area contributed by atoms with Gasteiger partial charge in [-0.05, 0) is 56.2 Å². The molecule has 0 bridgehead atoms. The van der Waals surface area contributed by atoms with Crippen molar-refractivity contribution < 1.29 is 13.9 Å². The van der Waals surface area contributed by atoms with Crippen molar-refractivity contribution in [2.75, 3.05) is 11.1 Å². The molecule has 0 aliphatic rings. The first-order valence-electron chi connectivity index (χ1n) is 9.94. The molecule has 168 valence electrons. The minimum absolute atomic E-state index is 0.138. The number of allylic oxidation sites excluding steroid dienone is 1. The van der Waals surface area contributed by atoms with E-state index in [0.29, 0.717) is 23.3 Å². The van der Waals surface area contributed by atoms with Crippen molar-refractivity contribution >= 4 is 35.0 Å². The third-order valence-corrected chi connectivity index (χ3v) is 5.88. The molecule has 6 nitrogen and oxygen atoms in total. The first-order chi connectivity index (χ1) is 15.3. The molecule has 3 rings (SSSR count). The van der Waals surface area contributed by atoms with Crippen LogP contribution in [-0.2, 0) is 11.3 Å². The normalized spacial score (nSPS) is 11.8. The number of benzene rings is 2. The van der Waals surface area contributed by atoms with Crippen molar-refractivity contribution in [3.8, 4) is 5.75 Å². The largest absolute Gasteiger partial charge is 0.481 e. The molecule has 3 aromatic rings. The lowest BCUT2D eigenvalue weighted by Gasteiger charge is -2.16. The quantitative estimate of drug-likeness (QED) is 0.316. The number of nitrogens with zero attached hydrogens (tertiary/aromatic N) is 3. The van der Waals surface area contributed by atoms with Crippen molar-refractivity contribution in [1.82, 2.24) is 14.8 Å². The molecule has 0 aliphatic carbocycles. The van der Waals surface area contributed by atoms with Crippen LogP contribution in [0.2, 0.25) is 5.02 Å². The summed E-state index contributed by atoms with van der Waals surface area (Å²) in [5.74, 6) is 0.476. The second kappa shape index (κ2) is 10.7. The van der Waals surface area contributed by atoms with E-state index in [2.05, 4.69) is 22.1 Å². The summed E-state index contributed by atoms with van der Waals surface area (Å²) in [7, 11) is 0. The number of ether oxygens (including phenoxy) is 1. The number of anilines is 1. The number of hydrogen-bond acceptors (Lipinski definition) is 5. The van der Waals surface area contributed by atoms with Gasteiger partial charge in [0, 0.05) is 12.2 Å². The molecule has 1 unspecified atom stereocenters. The summed E-state index contributed by atoms with van der Waals surface area (Å²) < 4.78 is 21.0. The average Bonchev–Trinajstić information content (AvgIpc) is 3.14. The zero-order chi connectivity index (χ0) is 23.3. The van der Waals surface area contributed by atoms with Crippen LogP contribution in [-0.4, -0.2) is 26.4 Å². The zero-order valence-electron chi connectivity index (χ0n) is 18.1. The van der Waals surface area contributed by atoms with Crippen molar-refractivity contribution in [2.45, 2.75) is 38.6 Å². The predicted molar refractivity (Wildman–Crippen MR) is 126 cm³/mol. The summed E-state index contributed by atoms with van der Waals surface area (Å²) in [4.78, 5) is 12.5. The molecule has 1 heterocycles. The molecule has 0 saturated heterocycles. The molecule has 2 aromatic carbocycles. The van der Waals surface area contributed by atoms with E-state index < -0.39 is 11.9 Å². The van der Waals surface area contributed by atoms with Crippen LogP contribution in [0.5, 0.6) is 5.75 Å². The van der Waals surface area contributed by atoms with E-state index in [9.17, 15) is 9.18 Å². The molecule has 0 aliphatic heterocycles. The van der Waals surface area contributed by atoms with Crippen LogP contribution in [0.15, 0.2) is 54.2 Å². The van der Waals surface area contributed by atoms with Crippen LogP contribution in [0.1, 0.15) is 30.0 Å². The van der Waals surface area contributed by atoms with E-state index in [0.717, 1.165) is 16.8 Å². The SMILES string of the molecule is C=CCn1c(SCC(=O)Nc2cc(C)ccc2C)nnc1C(C)Oc1ccc(F)cc1Cl. The Kier molecular flexibility index (Phi) is 7.93. The van der Waals surface area contributed by atoms with Crippen molar-refractivity contribution in [3.63, 3.8) is 0 Å². The number of halogens is 2. The number of nitrogens with one attached hydrogen (secondary N) is 1. The van der Waals surface area contributed by atoms with Gasteiger partial charge in [-0.15, -0.1) is 16.8 Å². The maximum atomic E-state index is 13.3. The first-order valence-corrected chi connectivity index (χ1v) is 11.3. The smallest absolute Gasteiger partial charge is 0.234 e. The van der Waals surface area contributed by atoms with E-state index in [-0.39, 0.29) is 16.7 Å². The van der Waals surface area contributed by atoms with Gasteiger partial charge in [0.25, 0.3) is 0 Å². The number of aryl methyl sites for hydroxylation is 2. The number of hydrogen-bond donors (Lipinski definition) is 1. The molecular formula is C23H24ClFN4O2S. The summed E-state index contributed by atoms with van der Waals surface area (Å²) in [5, 5.41) is 12.1. The van der Waals surface area contributed by atoms with Gasteiger partial charge in [-0.3, -0.25) is 9.36 Å². The van der Waals surface area contributed by atoms with Crippen LogP contribution in [0.25, 0.3) is 0 Å². The second-order valence-corrected chi connectivity index (χ2v) is 8.58. The highest BCUT2D eigenvalue weighted by Crippen LogP contribution is 2.30. The van der Waals surface area contributed by atoms with Gasteiger partial charge < -0.3 is 10.1 Å². The Balaban J connectivity index is 1.70. The van der Waals surface area contributed by atoms with Crippen LogP contribution in [0, 0.1) is 19.7 Å². The number of amides is 1. The molecule has 32 heavy (non-hydrogen) atoms. The summed E-state index contributed by atoms with van der Waals surface area (Å²) >= 11 is 7.34. The number of rotatable bonds is 9. The first kappa shape index (κ1) is 23.8. The van der Waals surface area contributed by atoms with Gasteiger partial charge in [-0.1, -0.05) is 41.6 Å². The Labute approximate surface area is 195 Å². The second-order valence-electron chi connectivity index (χ2n) is 7.23. The number of carbonyl (C=O) groups is 1. The highest BCUT2D eigenvalue weighted by atomic mass is 35.5. The molecule has 1 N–H and O–H groups in total. The van der Waals surface area contributed by atoms with Crippen molar-refractivity contribution in [2.24, 2.45) is 0 Å². The standard InChI is InChI=1S/C23H24ClFN4O2S/c1-5-10-29-22(16(4)31-20-9-8-17(25)12-18(20)24)27-28-23(29)32-13-21(30)26-19-11-14(2)6-7-15(19)3/h5-9,11-12,16H,1,10,13H2,2-4H3,(H,26,30). The zero-order valence-corrected chi connectivity index (χ0v) is 19.6. The summed E-state index contributed by atoms with van der Waals surface area (Å²) in [5.41, 5.74) is 2.86. The third-order valence-electron chi connectivity index (χ3n) is 4.62. The van der Waals surface area contributed by atoms with Gasteiger partial charge in [-0.2, -0.15) is 0 Å². The molecular weight excluding hydrogens is 451 g/mol. The van der Waals surface area contributed by atoms with Gasteiger partial charge >= 0.3 is 0 Å². The summed E-state index contributed by atoms with van der Waals surface area (Å²) in [6, 6.07) is 9.85. The Bertz CT molecular complexity index is 1140. The van der Waals surface area contributed by atoms with Crippen LogP contribution >= 0.6 is 23.4 Å². The minimum atomic E-state index is -0.511. The molecule has 0 saturated carbocycles. The van der Waals surface area contributed by atoms with E-state index in [1.54, 1.807) is 13.0 Å². The number of aromatic nitrogens is 3. The molecule has 0 spiro atoms. The molecule has 1 aromatic heterocycles. The van der Waals surface area contributed by atoms with E-state index in [1.165, 1.54) is 30.0 Å². The van der Waals surface area contributed by atoms with E-state index >= 15 is 0 Å². The lowest BCUT2D eigenvalue weighted by atomic mass is 10.1. The number of thioether (sulfide) groups is 1. The van der Waals surface area contributed by atoms with Gasteiger partial charge in [-0.25, -0.2) is 4.39 Å². The fourth-order valence-corrected chi connectivity index (χ4v) is 3.98. The summed E-state index contributed by atoms with van der Waals surface area (Å²) in [6.45, 7) is 9.95. The van der Waals surface area contributed by atoms with Gasteiger partial charge in [0.2, 0.25) is 5.91 Å². The molecule has 1 amide bonds. The maximum absolute atomic E-state index is 13.3. The molecule has 1 atom stereocenters. The highest BCUT2D eigenvalue weighted by Gasteiger charge is 2.21. The van der Waals surface area contributed by atoms with Crippen molar-refractivity contribution in [1.29, 1.82) is 0 Å². The Morgan fingerprint density at radius 3 is 2.81 bits per heavy atom. The van der Waals surface area contributed by atoms with Crippen LogP contribution < -0.4 is 10.1 Å². The van der Waals surface area contributed by atoms with Gasteiger partial charge in [0.15, 0.2) is 17.1 Å². The van der Waals surface area contributed by atoms with Crippen molar-refractivity contribution in [3.05, 3.63) is 76.8 Å².